The number of phenols is 1. The van der Waals surface area contributed by atoms with E-state index in [1.54, 1.807) is 12.1 Å². The lowest BCUT2D eigenvalue weighted by atomic mass is 10.1. The minimum absolute atomic E-state index is 0.212. The van der Waals surface area contributed by atoms with Crippen LogP contribution in [0.5, 0.6) is 5.75 Å². The van der Waals surface area contributed by atoms with Crippen LogP contribution in [0.2, 0.25) is 0 Å². The van der Waals surface area contributed by atoms with E-state index in [1.807, 2.05) is 12.1 Å². The molecule has 17 heavy (non-hydrogen) atoms. The summed E-state index contributed by atoms with van der Waals surface area (Å²) >= 11 is 0. The molecule has 1 saturated carbocycles. The number of rotatable bonds is 3. The van der Waals surface area contributed by atoms with Crippen LogP contribution in [0, 0.1) is 17.2 Å². The predicted molar refractivity (Wildman–Crippen MR) is 66.4 cm³/mol. The Kier molecular flexibility index (Phi) is 3.65. The van der Waals surface area contributed by atoms with E-state index in [-0.39, 0.29) is 12.0 Å². The van der Waals surface area contributed by atoms with Crippen molar-refractivity contribution in [3.8, 4) is 11.8 Å². The Hall–Kier alpha value is -1.53. The third kappa shape index (κ3) is 2.98. The molecule has 1 aromatic rings. The van der Waals surface area contributed by atoms with E-state index in [0.717, 1.165) is 24.8 Å². The number of nitriles is 1. The predicted octanol–water partition coefficient (Wildman–Crippen LogP) is 2.74. The van der Waals surface area contributed by atoms with Crippen molar-refractivity contribution in [1.29, 1.82) is 5.26 Å². The number of hydrogen-bond acceptors (Lipinski definition) is 3. The monoisotopic (exact) mass is 230 g/mol. The topological polar surface area (TPSA) is 56.0 Å². The van der Waals surface area contributed by atoms with Crippen molar-refractivity contribution in [2.24, 2.45) is 5.92 Å². The summed E-state index contributed by atoms with van der Waals surface area (Å²) in [6, 6.07) is 10.3. The number of hydrogen-bond donors (Lipinski definition) is 2. The molecule has 0 amide bonds. The van der Waals surface area contributed by atoms with Crippen molar-refractivity contribution < 1.29 is 5.11 Å². The summed E-state index contributed by atoms with van der Waals surface area (Å²) in [7, 11) is 0. The first-order chi connectivity index (χ1) is 8.19. The van der Waals surface area contributed by atoms with Crippen LogP contribution in [0.4, 0.5) is 0 Å². The Morgan fingerprint density at radius 3 is 2.94 bits per heavy atom. The molecular formula is C14H18N2O. The van der Waals surface area contributed by atoms with E-state index < -0.39 is 0 Å². The Labute approximate surface area is 102 Å². The molecule has 0 radical (unpaired) electrons. The first-order valence-electron chi connectivity index (χ1n) is 6.13. The van der Waals surface area contributed by atoms with Gasteiger partial charge in [-0.3, -0.25) is 0 Å². The van der Waals surface area contributed by atoms with Crippen LogP contribution in [0.3, 0.4) is 0 Å². The molecule has 2 N–H and O–H groups in total. The van der Waals surface area contributed by atoms with Crippen molar-refractivity contribution in [3.63, 3.8) is 0 Å². The van der Waals surface area contributed by atoms with Gasteiger partial charge in [-0.1, -0.05) is 12.1 Å². The number of benzene rings is 1. The molecule has 0 unspecified atom stereocenters. The smallest absolute Gasteiger partial charge is 0.115 e. The average Bonchev–Trinajstić information content (AvgIpc) is 2.77. The molecule has 3 nitrogen and oxygen atoms in total. The quantitative estimate of drug-likeness (QED) is 0.839. The number of aromatic hydroxyl groups is 1. The van der Waals surface area contributed by atoms with E-state index in [4.69, 9.17) is 5.26 Å². The van der Waals surface area contributed by atoms with Gasteiger partial charge in [0.25, 0.3) is 0 Å². The number of nitrogens with zero attached hydrogens (tertiary/aromatic N) is 1. The number of phenolic OH excluding ortho intramolecular Hbond substituents is 1. The minimum atomic E-state index is 0.212. The Balaban J connectivity index is 1.94. The van der Waals surface area contributed by atoms with Crippen LogP contribution in [0.25, 0.3) is 0 Å². The molecule has 2 rings (SSSR count). The molecule has 1 aliphatic rings. The Morgan fingerprint density at radius 2 is 2.29 bits per heavy atom. The second-order valence-corrected chi connectivity index (χ2v) is 4.82. The van der Waals surface area contributed by atoms with Crippen molar-refractivity contribution in [1.82, 2.24) is 5.32 Å². The molecule has 0 saturated heterocycles. The second-order valence-electron chi connectivity index (χ2n) is 4.82. The third-order valence-corrected chi connectivity index (χ3v) is 3.47. The van der Waals surface area contributed by atoms with Gasteiger partial charge in [-0.05, 0) is 43.9 Å². The summed E-state index contributed by atoms with van der Waals surface area (Å²) in [6.07, 6.45) is 3.02. The standard InChI is InChI=1S/C14H18N2O/c1-10(12-3-2-4-14(17)8-12)16-13-6-5-11(7-13)9-15/h2-4,8,10-11,13,16-17H,5-7H2,1H3/t10-,11+,13-/m0/s1. The highest BCUT2D eigenvalue weighted by atomic mass is 16.3. The molecule has 1 aliphatic carbocycles. The fourth-order valence-corrected chi connectivity index (χ4v) is 2.49. The van der Waals surface area contributed by atoms with E-state index in [9.17, 15) is 5.11 Å². The highest BCUT2D eigenvalue weighted by molar-refractivity contribution is 5.29. The Bertz CT molecular complexity index is 424. The van der Waals surface area contributed by atoms with Gasteiger partial charge >= 0.3 is 0 Å². The van der Waals surface area contributed by atoms with Crippen LogP contribution in [-0.2, 0) is 0 Å². The summed E-state index contributed by atoms with van der Waals surface area (Å²) in [5.74, 6) is 0.515. The molecule has 90 valence electrons. The van der Waals surface area contributed by atoms with Crippen molar-refractivity contribution >= 4 is 0 Å². The van der Waals surface area contributed by atoms with Gasteiger partial charge in [0.2, 0.25) is 0 Å². The highest BCUT2D eigenvalue weighted by Crippen LogP contribution is 2.27. The second kappa shape index (κ2) is 5.20. The maximum atomic E-state index is 9.43. The molecule has 1 fully saturated rings. The third-order valence-electron chi connectivity index (χ3n) is 3.47. The van der Waals surface area contributed by atoms with Crippen molar-refractivity contribution in [3.05, 3.63) is 29.8 Å². The summed E-state index contributed by atoms with van der Waals surface area (Å²) in [6.45, 7) is 2.09. The molecule has 0 aliphatic heterocycles. The van der Waals surface area contributed by atoms with Gasteiger partial charge in [-0.2, -0.15) is 5.26 Å². The maximum Gasteiger partial charge on any atom is 0.115 e. The molecule has 0 bridgehead atoms. The van der Waals surface area contributed by atoms with Crippen molar-refractivity contribution in [2.75, 3.05) is 0 Å². The Morgan fingerprint density at radius 1 is 1.47 bits per heavy atom. The van der Waals surface area contributed by atoms with Crippen LogP contribution >= 0.6 is 0 Å². The van der Waals surface area contributed by atoms with Gasteiger partial charge in [0.15, 0.2) is 0 Å². The molecule has 0 aromatic heterocycles. The van der Waals surface area contributed by atoms with Gasteiger partial charge in [-0.15, -0.1) is 0 Å². The lowest BCUT2D eigenvalue weighted by molar-refractivity contribution is 0.448. The molecule has 0 spiro atoms. The lowest BCUT2D eigenvalue weighted by Gasteiger charge is -2.19. The van der Waals surface area contributed by atoms with Gasteiger partial charge in [-0.25, -0.2) is 0 Å². The number of nitrogens with one attached hydrogen (secondary N) is 1. The normalized spacial score (nSPS) is 25.4. The van der Waals surface area contributed by atoms with Crippen LogP contribution in [0.1, 0.15) is 37.8 Å². The van der Waals surface area contributed by atoms with Crippen LogP contribution < -0.4 is 5.32 Å². The fourth-order valence-electron chi connectivity index (χ4n) is 2.49. The zero-order chi connectivity index (χ0) is 12.3. The fraction of sp³-hybridized carbons (Fsp3) is 0.500. The molecule has 3 heteroatoms. The first-order valence-corrected chi connectivity index (χ1v) is 6.13. The van der Waals surface area contributed by atoms with Gasteiger partial charge in [0.1, 0.15) is 5.75 Å². The molecular weight excluding hydrogens is 212 g/mol. The van der Waals surface area contributed by atoms with Gasteiger partial charge in [0, 0.05) is 18.0 Å². The summed E-state index contributed by atoms with van der Waals surface area (Å²) < 4.78 is 0. The SMILES string of the molecule is C[C@H](N[C@H]1CC[C@@H](C#N)C1)c1cccc(O)c1. The van der Waals surface area contributed by atoms with Crippen molar-refractivity contribution in [2.45, 2.75) is 38.3 Å². The molecule has 1 aromatic carbocycles. The zero-order valence-electron chi connectivity index (χ0n) is 10.1. The summed E-state index contributed by atoms with van der Waals surface area (Å²) in [4.78, 5) is 0. The van der Waals surface area contributed by atoms with E-state index in [0.29, 0.717) is 11.8 Å². The summed E-state index contributed by atoms with van der Waals surface area (Å²) in [5.41, 5.74) is 1.09. The maximum absolute atomic E-state index is 9.43. The van der Waals surface area contributed by atoms with Gasteiger partial charge in [0.05, 0.1) is 6.07 Å². The van der Waals surface area contributed by atoms with Crippen LogP contribution in [-0.4, -0.2) is 11.1 Å². The highest BCUT2D eigenvalue weighted by Gasteiger charge is 2.25. The summed E-state index contributed by atoms with van der Waals surface area (Å²) in [5, 5.41) is 21.8. The average molecular weight is 230 g/mol. The van der Waals surface area contributed by atoms with Gasteiger partial charge < -0.3 is 10.4 Å². The first kappa shape index (κ1) is 11.9. The molecule has 0 heterocycles. The van der Waals surface area contributed by atoms with E-state index in [1.165, 1.54) is 0 Å². The lowest BCUT2D eigenvalue weighted by Crippen LogP contribution is -2.29. The van der Waals surface area contributed by atoms with E-state index in [2.05, 4.69) is 18.3 Å². The minimum Gasteiger partial charge on any atom is -0.508 e. The van der Waals surface area contributed by atoms with Crippen LogP contribution in [0.15, 0.2) is 24.3 Å². The molecule has 3 atom stereocenters. The van der Waals surface area contributed by atoms with E-state index >= 15 is 0 Å². The zero-order valence-corrected chi connectivity index (χ0v) is 10.1. The largest absolute Gasteiger partial charge is 0.508 e.